The van der Waals surface area contributed by atoms with Gasteiger partial charge in [0.1, 0.15) is 17.9 Å². The molecular weight excluding hydrogens is 400 g/mol. The summed E-state index contributed by atoms with van der Waals surface area (Å²) in [5, 5.41) is 7.74. The summed E-state index contributed by atoms with van der Waals surface area (Å²) in [7, 11) is 0. The summed E-state index contributed by atoms with van der Waals surface area (Å²) in [6.07, 6.45) is 1.57. The number of carbonyl (C=O) groups excluding carboxylic acids is 3. The number of carbonyl (C=O) groups is 3. The number of rotatable bonds is 6. The van der Waals surface area contributed by atoms with Crippen LogP contribution in [0.4, 0.5) is 0 Å². The van der Waals surface area contributed by atoms with Gasteiger partial charge in [0.15, 0.2) is 0 Å². The Bertz CT molecular complexity index is 1120. The largest absolute Gasteiger partial charge is 0.461 e. The summed E-state index contributed by atoms with van der Waals surface area (Å²) in [4.78, 5) is 41.9. The zero-order valence-electron chi connectivity index (χ0n) is 17.4. The van der Waals surface area contributed by atoms with Crippen molar-refractivity contribution in [3.8, 4) is 0 Å². The highest BCUT2D eigenvalue weighted by atomic mass is 16.5. The van der Waals surface area contributed by atoms with Crippen molar-refractivity contribution in [2.24, 2.45) is 0 Å². The first-order chi connectivity index (χ1) is 14.9. The Morgan fingerprint density at radius 3 is 2.87 bits per heavy atom. The monoisotopic (exact) mass is 424 g/mol. The standard InChI is InChI=1S/C22H24N4O5/c1-13-7-16(31-25-13)9-21(28)26-12-17(30-14(2)27)8-20(26)22(29)24-11-15-10-23-19-6-4-3-5-18(15)19/h3-7,10,17,20,23H,8-9,11-12H2,1-2H3,(H,24,29). The number of likely N-dealkylation sites (tertiary alicyclic amines) is 1. The van der Waals surface area contributed by atoms with E-state index in [1.807, 2.05) is 30.5 Å². The Morgan fingerprint density at radius 2 is 2.13 bits per heavy atom. The number of fused-ring (bicyclic) bond motifs is 1. The molecule has 3 heterocycles. The third-order valence-electron chi connectivity index (χ3n) is 5.35. The molecule has 0 radical (unpaired) electrons. The highest BCUT2D eigenvalue weighted by Gasteiger charge is 2.41. The van der Waals surface area contributed by atoms with Crippen LogP contribution in [-0.2, 0) is 32.1 Å². The Morgan fingerprint density at radius 1 is 1.32 bits per heavy atom. The number of amides is 2. The van der Waals surface area contributed by atoms with Gasteiger partial charge >= 0.3 is 5.97 Å². The maximum Gasteiger partial charge on any atom is 0.302 e. The Labute approximate surface area is 178 Å². The van der Waals surface area contributed by atoms with E-state index in [-0.39, 0.29) is 31.2 Å². The van der Waals surface area contributed by atoms with Crippen molar-refractivity contribution in [2.75, 3.05) is 6.54 Å². The van der Waals surface area contributed by atoms with Gasteiger partial charge < -0.3 is 24.5 Å². The number of hydrogen-bond donors (Lipinski definition) is 2. The van der Waals surface area contributed by atoms with Gasteiger partial charge in [-0.15, -0.1) is 0 Å². The van der Waals surface area contributed by atoms with Crippen molar-refractivity contribution in [3.63, 3.8) is 0 Å². The zero-order chi connectivity index (χ0) is 22.0. The van der Waals surface area contributed by atoms with E-state index in [4.69, 9.17) is 9.26 Å². The lowest BCUT2D eigenvalue weighted by atomic mass is 10.1. The average molecular weight is 424 g/mol. The first-order valence-corrected chi connectivity index (χ1v) is 10.1. The molecule has 1 aliphatic rings. The molecule has 9 heteroatoms. The molecule has 1 aromatic carbocycles. The number of esters is 1. The van der Waals surface area contributed by atoms with E-state index in [9.17, 15) is 14.4 Å². The molecule has 2 amide bonds. The predicted octanol–water partition coefficient (Wildman–Crippen LogP) is 1.86. The fourth-order valence-electron chi connectivity index (χ4n) is 3.97. The molecule has 31 heavy (non-hydrogen) atoms. The summed E-state index contributed by atoms with van der Waals surface area (Å²) in [5.74, 6) is -0.584. The molecule has 2 N–H and O–H groups in total. The molecule has 1 saturated heterocycles. The highest BCUT2D eigenvalue weighted by Crippen LogP contribution is 2.23. The van der Waals surface area contributed by atoms with Crippen LogP contribution in [0.3, 0.4) is 0 Å². The third-order valence-corrected chi connectivity index (χ3v) is 5.35. The summed E-state index contributed by atoms with van der Waals surface area (Å²) in [6.45, 7) is 3.57. The molecular formula is C22H24N4O5. The number of aryl methyl sites for hydroxylation is 1. The Kier molecular flexibility index (Phi) is 5.75. The summed E-state index contributed by atoms with van der Waals surface area (Å²) < 4.78 is 10.4. The summed E-state index contributed by atoms with van der Waals surface area (Å²) >= 11 is 0. The first-order valence-electron chi connectivity index (χ1n) is 10.1. The van der Waals surface area contributed by atoms with Crippen molar-refractivity contribution in [2.45, 2.75) is 45.4 Å². The van der Waals surface area contributed by atoms with E-state index in [0.717, 1.165) is 16.5 Å². The fraction of sp³-hybridized carbons (Fsp3) is 0.364. The molecule has 0 spiro atoms. The smallest absolute Gasteiger partial charge is 0.302 e. The summed E-state index contributed by atoms with van der Waals surface area (Å²) in [6, 6.07) is 8.78. The average Bonchev–Trinajstić information content (AvgIpc) is 3.44. The van der Waals surface area contributed by atoms with Crippen LogP contribution < -0.4 is 5.32 Å². The van der Waals surface area contributed by atoms with Gasteiger partial charge in [0.25, 0.3) is 0 Å². The Balaban J connectivity index is 1.46. The predicted molar refractivity (Wildman–Crippen MR) is 111 cm³/mol. The molecule has 2 aromatic heterocycles. The minimum atomic E-state index is -0.730. The number of benzene rings is 1. The molecule has 1 fully saturated rings. The number of H-pyrrole nitrogens is 1. The van der Waals surface area contributed by atoms with Crippen LogP contribution in [-0.4, -0.2) is 51.5 Å². The van der Waals surface area contributed by atoms with Gasteiger partial charge in [0.2, 0.25) is 11.8 Å². The second-order valence-electron chi connectivity index (χ2n) is 7.72. The topological polar surface area (TPSA) is 118 Å². The van der Waals surface area contributed by atoms with E-state index in [0.29, 0.717) is 18.0 Å². The van der Waals surface area contributed by atoms with E-state index in [1.165, 1.54) is 11.8 Å². The highest BCUT2D eigenvalue weighted by molar-refractivity contribution is 5.90. The van der Waals surface area contributed by atoms with Gasteiger partial charge in [-0.05, 0) is 18.6 Å². The summed E-state index contributed by atoms with van der Waals surface area (Å²) in [5.41, 5.74) is 2.62. The van der Waals surface area contributed by atoms with Crippen molar-refractivity contribution in [1.29, 1.82) is 0 Å². The number of ether oxygens (including phenoxy) is 1. The van der Waals surface area contributed by atoms with E-state index < -0.39 is 18.1 Å². The quantitative estimate of drug-likeness (QED) is 0.583. The molecule has 2 unspecified atom stereocenters. The third kappa shape index (κ3) is 4.60. The van der Waals surface area contributed by atoms with Crippen molar-refractivity contribution in [3.05, 3.63) is 53.5 Å². The van der Waals surface area contributed by atoms with Gasteiger partial charge in [0.05, 0.1) is 18.7 Å². The van der Waals surface area contributed by atoms with E-state index in [2.05, 4.69) is 15.5 Å². The minimum Gasteiger partial charge on any atom is -0.461 e. The molecule has 1 aliphatic heterocycles. The second kappa shape index (κ2) is 8.63. The van der Waals surface area contributed by atoms with Crippen LogP contribution in [0.2, 0.25) is 0 Å². The zero-order valence-corrected chi connectivity index (χ0v) is 17.4. The van der Waals surface area contributed by atoms with Gasteiger partial charge in [-0.25, -0.2) is 0 Å². The lowest BCUT2D eigenvalue weighted by Gasteiger charge is -2.23. The number of nitrogens with zero attached hydrogens (tertiary/aromatic N) is 2. The molecule has 162 valence electrons. The fourth-order valence-corrected chi connectivity index (χ4v) is 3.97. The van der Waals surface area contributed by atoms with Gasteiger partial charge in [0, 0.05) is 43.1 Å². The lowest BCUT2D eigenvalue weighted by Crippen LogP contribution is -2.46. The number of aromatic amines is 1. The van der Waals surface area contributed by atoms with Crippen molar-refractivity contribution in [1.82, 2.24) is 20.4 Å². The molecule has 9 nitrogen and oxygen atoms in total. The molecule has 3 aromatic rings. The second-order valence-corrected chi connectivity index (χ2v) is 7.72. The molecule has 0 bridgehead atoms. The van der Waals surface area contributed by atoms with E-state index >= 15 is 0 Å². The van der Waals surface area contributed by atoms with Crippen LogP contribution in [0.1, 0.15) is 30.4 Å². The lowest BCUT2D eigenvalue weighted by molar-refractivity contribution is -0.146. The Hall–Kier alpha value is -3.62. The van der Waals surface area contributed by atoms with Crippen LogP contribution >= 0.6 is 0 Å². The van der Waals surface area contributed by atoms with Crippen LogP contribution in [0.5, 0.6) is 0 Å². The van der Waals surface area contributed by atoms with Crippen LogP contribution in [0, 0.1) is 6.92 Å². The van der Waals surface area contributed by atoms with E-state index in [1.54, 1.807) is 13.0 Å². The number of aromatic nitrogens is 2. The number of nitrogens with one attached hydrogen (secondary N) is 2. The van der Waals surface area contributed by atoms with Crippen LogP contribution in [0.25, 0.3) is 10.9 Å². The van der Waals surface area contributed by atoms with Crippen LogP contribution in [0.15, 0.2) is 41.1 Å². The van der Waals surface area contributed by atoms with Gasteiger partial charge in [-0.1, -0.05) is 23.4 Å². The first kappa shape index (κ1) is 20.6. The van der Waals surface area contributed by atoms with Crippen molar-refractivity contribution < 1.29 is 23.6 Å². The molecule has 2 atom stereocenters. The van der Waals surface area contributed by atoms with Crippen molar-refractivity contribution >= 4 is 28.7 Å². The molecule has 0 aliphatic carbocycles. The maximum absolute atomic E-state index is 13.0. The number of para-hydroxylation sites is 1. The molecule has 4 rings (SSSR count). The van der Waals surface area contributed by atoms with Gasteiger partial charge in [-0.2, -0.15) is 0 Å². The van der Waals surface area contributed by atoms with Gasteiger partial charge in [-0.3, -0.25) is 14.4 Å². The molecule has 0 saturated carbocycles. The minimum absolute atomic E-state index is 0.0140. The normalized spacial score (nSPS) is 18.3. The maximum atomic E-state index is 13.0. The SMILES string of the molecule is CC(=O)OC1CC(C(=O)NCc2c[nH]c3ccccc23)N(C(=O)Cc2cc(C)no2)C1. The number of hydrogen-bond acceptors (Lipinski definition) is 6.